The molecule has 2 amide bonds. The van der Waals surface area contributed by atoms with Crippen molar-refractivity contribution in [2.75, 3.05) is 37.8 Å². The zero-order valence-corrected chi connectivity index (χ0v) is 37.0. The molecule has 2 aromatic heterocycles. The van der Waals surface area contributed by atoms with E-state index in [4.69, 9.17) is 24.0 Å². The van der Waals surface area contributed by atoms with Crippen molar-refractivity contribution in [2.45, 2.75) is 108 Å². The molecule has 2 fully saturated rings. The standard InChI is InChI=1S/C32H54N7O18P3S/c1-31(2,27(44)30(45)35-10-9-22(41)34-11-12-61-23(42)14-20(40)13-19-7-5-4-6-8-19)16-54-60(51,52)57-59(49,50)53-15-21-25(56-58(46,47)48)26(43)32(3,55-21)39-18-38-24-28(33)36-17-37-29(24)39/h17-21,25-27,40,43-44H,4-16H2,1-3H3,(H,34,41)(H,35,45)(H,49,50)(H,51,52)(H2,33,36,37)(H2,46,47,48). The van der Waals surface area contributed by atoms with Crippen molar-refractivity contribution in [3.8, 4) is 0 Å². The number of carbonyl (C=O) groups excluding carboxylic acids is 3. The minimum atomic E-state index is -5.60. The fourth-order valence-corrected chi connectivity index (χ4v) is 10.3. The fraction of sp³-hybridized carbons (Fsp3) is 0.750. The Hall–Kier alpha value is -2.48. The number of carbonyl (C=O) groups is 3. The second kappa shape index (κ2) is 21.5. The monoisotopic (exact) mass is 949 g/mol. The number of imidazole rings is 1. The van der Waals surface area contributed by atoms with Crippen LogP contribution < -0.4 is 16.4 Å². The van der Waals surface area contributed by atoms with Crippen LogP contribution in [0.4, 0.5) is 5.82 Å². The maximum atomic E-state index is 12.8. The summed E-state index contributed by atoms with van der Waals surface area (Å²) in [6, 6.07) is 0. The molecule has 0 spiro atoms. The molecule has 1 saturated carbocycles. The van der Waals surface area contributed by atoms with E-state index < -0.39 is 90.2 Å². The number of nitrogen functional groups attached to an aromatic ring is 1. The maximum absolute atomic E-state index is 12.8. The van der Waals surface area contributed by atoms with E-state index in [1.165, 1.54) is 27.2 Å². The SMILES string of the molecule is CC(C)(COP(=O)(O)OP(=O)(O)OCC1OC(C)(n2cnc3c(N)ncnc32)C(O)C1OP(=O)(O)O)C(O)C(=O)NCCC(=O)NCCSC(=O)CC(O)CC1CCCCC1. The lowest BCUT2D eigenvalue weighted by Crippen LogP contribution is -2.46. The number of amides is 2. The molecule has 1 saturated heterocycles. The molecule has 2 aliphatic rings. The average Bonchev–Trinajstić information content (AvgIpc) is 3.71. The van der Waals surface area contributed by atoms with Crippen molar-refractivity contribution in [3.05, 3.63) is 12.7 Å². The molecule has 29 heteroatoms. The number of aliphatic hydroxyl groups is 3. The number of phosphoric ester groups is 3. The van der Waals surface area contributed by atoms with Gasteiger partial charge in [0.05, 0.1) is 25.6 Å². The van der Waals surface area contributed by atoms with Gasteiger partial charge in [-0.3, -0.25) is 32.5 Å². The van der Waals surface area contributed by atoms with Crippen LogP contribution in [-0.2, 0) is 56.4 Å². The highest BCUT2D eigenvalue weighted by molar-refractivity contribution is 8.13. The molecule has 4 rings (SSSR count). The van der Waals surface area contributed by atoms with Crippen LogP contribution in [0.5, 0.6) is 0 Å². The summed E-state index contributed by atoms with van der Waals surface area (Å²) in [4.78, 5) is 88.5. The quantitative estimate of drug-likeness (QED) is 0.0537. The summed E-state index contributed by atoms with van der Waals surface area (Å²) in [6.45, 7) is 1.63. The highest BCUT2D eigenvalue weighted by atomic mass is 32.2. The van der Waals surface area contributed by atoms with E-state index in [9.17, 15) is 63.0 Å². The highest BCUT2D eigenvalue weighted by Crippen LogP contribution is 2.61. The number of anilines is 1. The Morgan fingerprint density at radius 1 is 1.03 bits per heavy atom. The molecule has 1 aliphatic heterocycles. The van der Waals surface area contributed by atoms with Gasteiger partial charge >= 0.3 is 23.5 Å². The Balaban J connectivity index is 1.20. The van der Waals surface area contributed by atoms with E-state index in [2.05, 4.69) is 29.9 Å². The van der Waals surface area contributed by atoms with Crippen molar-refractivity contribution in [1.29, 1.82) is 0 Å². The van der Waals surface area contributed by atoms with Gasteiger partial charge in [-0.15, -0.1) is 0 Å². The number of ether oxygens (including phenoxy) is 1. The lowest BCUT2D eigenvalue weighted by atomic mass is 9.85. The molecule has 0 radical (unpaired) electrons. The van der Waals surface area contributed by atoms with Gasteiger partial charge in [0.1, 0.15) is 36.3 Å². The fourth-order valence-electron chi connectivity index (χ4n) is 6.75. The summed E-state index contributed by atoms with van der Waals surface area (Å²) < 4.78 is 62.8. The van der Waals surface area contributed by atoms with Gasteiger partial charge in [0.15, 0.2) is 22.3 Å². The zero-order valence-electron chi connectivity index (χ0n) is 33.5. The first-order chi connectivity index (χ1) is 28.3. The van der Waals surface area contributed by atoms with E-state index in [0.717, 1.165) is 54.7 Å². The molecule has 25 nitrogen and oxygen atoms in total. The minimum Gasteiger partial charge on any atom is -0.393 e. The van der Waals surface area contributed by atoms with Crippen molar-refractivity contribution in [3.63, 3.8) is 0 Å². The van der Waals surface area contributed by atoms with Gasteiger partial charge in [-0.1, -0.05) is 57.7 Å². The normalized spacial score (nSPS) is 24.5. The molecule has 1 aliphatic carbocycles. The number of fused-ring (bicyclic) bond motifs is 1. The third-order valence-corrected chi connectivity index (χ3v) is 14.0. The van der Waals surface area contributed by atoms with Gasteiger partial charge in [-0.05, 0) is 19.3 Å². The van der Waals surface area contributed by atoms with Crippen LogP contribution in [0.25, 0.3) is 11.2 Å². The van der Waals surface area contributed by atoms with E-state index >= 15 is 0 Å². The van der Waals surface area contributed by atoms with Crippen molar-refractivity contribution in [2.24, 2.45) is 11.3 Å². The van der Waals surface area contributed by atoms with Gasteiger partial charge in [0.2, 0.25) is 11.8 Å². The van der Waals surface area contributed by atoms with Crippen LogP contribution in [0.15, 0.2) is 12.7 Å². The van der Waals surface area contributed by atoms with Crippen LogP contribution in [0, 0.1) is 11.3 Å². The van der Waals surface area contributed by atoms with Gasteiger partial charge in [-0.25, -0.2) is 28.6 Å². The van der Waals surface area contributed by atoms with Gasteiger partial charge in [0, 0.05) is 37.1 Å². The number of thioether (sulfide) groups is 1. The molecule has 0 aromatic carbocycles. The van der Waals surface area contributed by atoms with Crippen LogP contribution in [0.3, 0.4) is 0 Å². The molecule has 11 N–H and O–H groups in total. The molecule has 346 valence electrons. The second-order valence-electron chi connectivity index (χ2n) is 15.5. The van der Waals surface area contributed by atoms with Crippen LogP contribution in [0.1, 0.15) is 72.1 Å². The molecule has 61 heavy (non-hydrogen) atoms. The summed E-state index contributed by atoms with van der Waals surface area (Å²) in [5.41, 5.74) is 2.29. The van der Waals surface area contributed by atoms with Crippen LogP contribution in [-0.4, -0.2) is 134 Å². The number of rotatable bonds is 23. The third kappa shape index (κ3) is 15.1. The topological polar surface area (TPSA) is 384 Å². The first-order valence-corrected chi connectivity index (χ1v) is 24.6. The Bertz CT molecular complexity index is 1990. The molecule has 2 aromatic rings. The largest absolute Gasteiger partial charge is 0.481 e. The molecule has 8 unspecified atom stereocenters. The maximum Gasteiger partial charge on any atom is 0.481 e. The molecular weight excluding hydrogens is 895 g/mol. The smallest absolute Gasteiger partial charge is 0.393 e. The summed E-state index contributed by atoms with van der Waals surface area (Å²) in [5, 5.41) is 36.8. The first-order valence-electron chi connectivity index (χ1n) is 19.1. The highest BCUT2D eigenvalue weighted by Gasteiger charge is 2.57. The first kappa shape index (κ1) is 51.2. The van der Waals surface area contributed by atoms with E-state index in [1.54, 1.807) is 0 Å². The lowest BCUT2D eigenvalue weighted by molar-refractivity contribution is -0.137. The van der Waals surface area contributed by atoms with E-state index in [0.29, 0.717) is 12.3 Å². The lowest BCUT2D eigenvalue weighted by Gasteiger charge is -2.30. The van der Waals surface area contributed by atoms with Crippen molar-refractivity contribution >= 4 is 69.1 Å². The van der Waals surface area contributed by atoms with Gasteiger partial charge in [-0.2, -0.15) is 4.31 Å². The van der Waals surface area contributed by atoms with Crippen LogP contribution >= 0.6 is 35.2 Å². The Morgan fingerprint density at radius 3 is 2.38 bits per heavy atom. The van der Waals surface area contributed by atoms with Crippen molar-refractivity contribution in [1.82, 2.24) is 30.2 Å². The number of nitrogens with two attached hydrogens (primary N) is 1. The molecule has 3 heterocycles. The number of hydrogen-bond donors (Lipinski definition) is 10. The third-order valence-electron chi connectivity index (χ3n) is 9.98. The predicted molar refractivity (Wildman–Crippen MR) is 214 cm³/mol. The summed E-state index contributed by atoms with van der Waals surface area (Å²) in [6.07, 6.45) is 0.0106. The Labute approximate surface area is 354 Å². The number of nitrogens with zero attached hydrogens (tertiary/aromatic N) is 4. The Kier molecular flexibility index (Phi) is 18.0. The summed E-state index contributed by atoms with van der Waals surface area (Å²) in [7, 11) is -16.5. The number of phosphoric acid groups is 3. The Morgan fingerprint density at radius 2 is 1.70 bits per heavy atom. The number of aromatic nitrogens is 4. The second-order valence-corrected chi connectivity index (χ2v) is 20.8. The molecule has 8 atom stereocenters. The molecular formula is C32H54N7O18P3S. The number of aliphatic hydroxyl groups excluding tert-OH is 3. The number of hydrogen-bond acceptors (Lipinski definition) is 19. The average molecular weight is 950 g/mol. The van der Waals surface area contributed by atoms with E-state index in [-0.39, 0.29) is 53.8 Å². The van der Waals surface area contributed by atoms with Gasteiger partial charge in [0.25, 0.3) is 0 Å². The van der Waals surface area contributed by atoms with Crippen LogP contribution in [0.2, 0.25) is 0 Å². The zero-order chi connectivity index (χ0) is 45.4. The van der Waals surface area contributed by atoms with Crippen molar-refractivity contribution < 1.29 is 85.6 Å². The summed E-state index contributed by atoms with van der Waals surface area (Å²) in [5.74, 6) is -0.782. The number of nitrogens with one attached hydrogen (secondary N) is 2. The predicted octanol–water partition coefficient (Wildman–Crippen LogP) is 0.560. The summed E-state index contributed by atoms with van der Waals surface area (Å²) >= 11 is 1.00. The van der Waals surface area contributed by atoms with Gasteiger partial charge < -0.3 is 56.0 Å². The van der Waals surface area contributed by atoms with E-state index in [1.807, 2.05) is 0 Å². The minimum absolute atomic E-state index is 0.0164. The molecule has 0 bridgehead atoms.